The average molecular weight is 155 g/mol. The molecule has 1 aromatic rings. The van der Waals surface area contributed by atoms with Crippen LogP contribution in [-0.2, 0) is 0 Å². The zero-order valence-electron chi connectivity index (χ0n) is 5.51. The molecule has 4 N–H and O–H groups in total. The highest BCUT2D eigenvalue weighted by Gasteiger charge is 2.10. The normalized spacial score (nSPS) is 9.27. The van der Waals surface area contributed by atoms with Crippen molar-refractivity contribution in [3.8, 4) is 5.75 Å². The third-order valence-electron chi connectivity index (χ3n) is 0.890. The molecule has 0 atom stereocenters. The van der Waals surface area contributed by atoms with E-state index in [4.69, 9.17) is 15.8 Å². The van der Waals surface area contributed by atoms with Crippen LogP contribution in [0.5, 0.6) is 5.75 Å². The van der Waals surface area contributed by atoms with Crippen LogP contribution >= 0.6 is 0 Å². The molecule has 1 rings (SSSR count). The van der Waals surface area contributed by atoms with Crippen LogP contribution in [0.15, 0.2) is 12.4 Å². The van der Waals surface area contributed by atoms with Gasteiger partial charge in [0.1, 0.15) is 5.75 Å². The maximum Gasteiger partial charge on any atom is 0.707 e. The topological polar surface area (TPSA) is 101 Å². The van der Waals surface area contributed by atoms with E-state index in [2.05, 4.69) is 14.6 Å². The minimum atomic E-state index is -1.86. The Morgan fingerprint density at radius 2 is 1.91 bits per heavy atom. The molecule has 0 saturated heterocycles. The molecule has 0 aliphatic heterocycles. The van der Waals surface area contributed by atoms with Crippen molar-refractivity contribution < 1.29 is 14.7 Å². The third kappa shape index (κ3) is 2.40. The molecule has 0 aliphatic rings. The molecular weight excluding hydrogens is 149 g/mol. The second-order valence-corrected chi connectivity index (χ2v) is 1.72. The van der Waals surface area contributed by atoms with Gasteiger partial charge in [-0.05, 0) is 0 Å². The number of nitrogens with two attached hydrogens (primary N) is 1. The lowest BCUT2D eigenvalue weighted by Crippen LogP contribution is -2.20. The van der Waals surface area contributed by atoms with Crippen molar-refractivity contribution in [2.45, 2.75) is 0 Å². The minimum Gasteiger partial charge on any atom is -0.509 e. The third-order valence-corrected chi connectivity index (χ3v) is 0.890. The number of nitrogens with zero attached hydrogens (tertiary/aromatic N) is 2. The SMILES string of the molecule is Nc1ncc(OB(O)O)cn1. The predicted molar refractivity (Wildman–Crippen MR) is 37.3 cm³/mol. The van der Waals surface area contributed by atoms with Gasteiger partial charge < -0.3 is 20.4 Å². The van der Waals surface area contributed by atoms with Crippen LogP contribution in [-0.4, -0.2) is 27.3 Å². The van der Waals surface area contributed by atoms with E-state index in [0.29, 0.717) is 0 Å². The highest BCUT2D eigenvalue weighted by atomic mass is 16.6. The largest absolute Gasteiger partial charge is 0.707 e. The van der Waals surface area contributed by atoms with E-state index in [1.807, 2.05) is 0 Å². The standard InChI is InChI=1S/C4H6BN3O3/c6-4-7-1-3(2-8-4)11-5(9)10/h1-2,9-10H,(H2,6,7,8). The monoisotopic (exact) mass is 155 g/mol. The lowest BCUT2D eigenvalue weighted by Gasteiger charge is -2.01. The van der Waals surface area contributed by atoms with Crippen molar-refractivity contribution in [3.05, 3.63) is 12.4 Å². The van der Waals surface area contributed by atoms with Gasteiger partial charge in [-0.2, -0.15) is 0 Å². The summed E-state index contributed by atoms with van der Waals surface area (Å²) < 4.78 is 4.40. The van der Waals surface area contributed by atoms with E-state index in [-0.39, 0.29) is 11.7 Å². The molecule has 7 heteroatoms. The van der Waals surface area contributed by atoms with Gasteiger partial charge >= 0.3 is 7.32 Å². The lowest BCUT2D eigenvalue weighted by molar-refractivity contribution is 0.287. The van der Waals surface area contributed by atoms with Crippen molar-refractivity contribution in [1.29, 1.82) is 0 Å². The summed E-state index contributed by atoms with van der Waals surface area (Å²) in [4.78, 5) is 7.10. The van der Waals surface area contributed by atoms with Crippen molar-refractivity contribution in [2.24, 2.45) is 0 Å². The van der Waals surface area contributed by atoms with Gasteiger partial charge in [0.25, 0.3) is 0 Å². The minimum absolute atomic E-state index is 0.102. The molecule has 6 nitrogen and oxygen atoms in total. The Bertz CT molecular complexity index is 227. The molecule has 1 aromatic heterocycles. The Hall–Kier alpha value is -1.34. The van der Waals surface area contributed by atoms with Crippen molar-refractivity contribution in [1.82, 2.24) is 9.97 Å². The van der Waals surface area contributed by atoms with E-state index in [9.17, 15) is 0 Å². The van der Waals surface area contributed by atoms with Gasteiger partial charge in [0.15, 0.2) is 0 Å². The number of rotatable bonds is 2. The molecule has 0 aliphatic carbocycles. The van der Waals surface area contributed by atoms with Gasteiger partial charge in [-0.25, -0.2) is 9.97 Å². The van der Waals surface area contributed by atoms with Gasteiger partial charge in [0.05, 0.1) is 12.4 Å². The predicted octanol–water partition coefficient (Wildman–Crippen LogP) is -1.59. The van der Waals surface area contributed by atoms with Gasteiger partial charge in [-0.15, -0.1) is 0 Å². The molecule has 1 heterocycles. The first-order chi connectivity index (χ1) is 5.18. The summed E-state index contributed by atoms with van der Waals surface area (Å²) in [6, 6.07) is 0. The number of hydrogen-bond acceptors (Lipinski definition) is 6. The fraction of sp³-hybridized carbons (Fsp3) is 0. The zero-order chi connectivity index (χ0) is 8.27. The van der Waals surface area contributed by atoms with Crippen LogP contribution in [0.1, 0.15) is 0 Å². The first-order valence-electron chi connectivity index (χ1n) is 2.79. The Morgan fingerprint density at radius 3 is 2.36 bits per heavy atom. The quantitative estimate of drug-likeness (QED) is 0.445. The van der Waals surface area contributed by atoms with Crippen LogP contribution in [0.4, 0.5) is 5.95 Å². The van der Waals surface area contributed by atoms with E-state index in [1.54, 1.807) is 0 Å². The van der Waals surface area contributed by atoms with Crippen molar-refractivity contribution in [2.75, 3.05) is 5.73 Å². The van der Waals surface area contributed by atoms with Gasteiger partial charge in [-0.1, -0.05) is 0 Å². The average Bonchev–Trinajstić information content (AvgIpc) is 1.93. The molecule has 0 unspecified atom stereocenters. The number of aromatic nitrogens is 2. The van der Waals surface area contributed by atoms with Gasteiger partial charge in [0.2, 0.25) is 5.95 Å². The number of nitrogen functional groups attached to an aromatic ring is 1. The maximum absolute atomic E-state index is 8.32. The van der Waals surface area contributed by atoms with E-state index >= 15 is 0 Å². The van der Waals surface area contributed by atoms with E-state index in [1.165, 1.54) is 12.4 Å². The summed E-state index contributed by atoms with van der Waals surface area (Å²) in [6.07, 6.45) is 2.48. The Labute approximate surface area is 62.8 Å². The first-order valence-corrected chi connectivity index (χ1v) is 2.79. The number of anilines is 1. The molecule has 58 valence electrons. The van der Waals surface area contributed by atoms with Crippen molar-refractivity contribution >= 4 is 13.3 Å². The Kier molecular flexibility index (Phi) is 2.24. The smallest absolute Gasteiger partial charge is 0.509 e. The van der Waals surface area contributed by atoms with Crippen LogP contribution in [0.25, 0.3) is 0 Å². The van der Waals surface area contributed by atoms with Crippen LogP contribution in [0, 0.1) is 0 Å². The van der Waals surface area contributed by atoms with E-state index < -0.39 is 7.32 Å². The molecule has 11 heavy (non-hydrogen) atoms. The highest BCUT2D eigenvalue weighted by Crippen LogP contribution is 2.06. The maximum atomic E-state index is 8.32. The summed E-state index contributed by atoms with van der Waals surface area (Å²) >= 11 is 0. The summed E-state index contributed by atoms with van der Waals surface area (Å²) in [6.45, 7) is 0. The lowest BCUT2D eigenvalue weighted by atomic mass is 10.2. The molecule has 0 bridgehead atoms. The van der Waals surface area contributed by atoms with Gasteiger partial charge in [0, 0.05) is 0 Å². The highest BCUT2D eigenvalue weighted by molar-refractivity contribution is 6.33. The molecule has 0 aromatic carbocycles. The zero-order valence-corrected chi connectivity index (χ0v) is 5.51. The summed E-state index contributed by atoms with van der Waals surface area (Å²) in [5, 5.41) is 16.6. The molecular formula is C4H6BN3O3. The molecule has 0 saturated carbocycles. The summed E-state index contributed by atoms with van der Waals surface area (Å²) in [5.41, 5.74) is 5.15. The molecule has 0 fully saturated rings. The van der Waals surface area contributed by atoms with Crippen LogP contribution < -0.4 is 10.4 Å². The Balaban J connectivity index is 2.66. The van der Waals surface area contributed by atoms with E-state index in [0.717, 1.165) is 0 Å². The first kappa shape index (κ1) is 7.77. The Morgan fingerprint density at radius 1 is 1.36 bits per heavy atom. The van der Waals surface area contributed by atoms with Crippen molar-refractivity contribution in [3.63, 3.8) is 0 Å². The second-order valence-electron chi connectivity index (χ2n) is 1.72. The molecule has 0 amide bonds. The number of hydrogen-bond donors (Lipinski definition) is 3. The molecule has 0 spiro atoms. The van der Waals surface area contributed by atoms with Crippen LogP contribution in [0.2, 0.25) is 0 Å². The fourth-order valence-electron chi connectivity index (χ4n) is 0.509. The van der Waals surface area contributed by atoms with Crippen LogP contribution in [0.3, 0.4) is 0 Å². The summed E-state index contributed by atoms with van der Waals surface area (Å²) in [7, 11) is -1.86. The van der Waals surface area contributed by atoms with Gasteiger partial charge in [-0.3, -0.25) is 0 Å². The second kappa shape index (κ2) is 3.17. The fourth-order valence-corrected chi connectivity index (χ4v) is 0.509. The molecule has 0 radical (unpaired) electrons. The summed E-state index contributed by atoms with van der Waals surface area (Å²) in [5.74, 6) is 0.249.